The molecule has 2 aromatic carbocycles. The summed E-state index contributed by atoms with van der Waals surface area (Å²) in [5, 5.41) is 3.95. The quantitative estimate of drug-likeness (QED) is 0.289. The van der Waals surface area contributed by atoms with Crippen molar-refractivity contribution >= 4 is 38.6 Å². The fraction of sp³-hybridized carbons (Fsp3) is 0.423. The van der Waals surface area contributed by atoms with E-state index in [1.807, 2.05) is 69.3 Å². The number of hydrogen-bond donors (Lipinski definition) is 1. The molecule has 1 atom stereocenters. The summed E-state index contributed by atoms with van der Waals surface area (Å²) in [5.74, 6) is 0.168. The van der Waals surface area contributed by atoms with Crippen molar-refractivity contribution in [2.45, 2.75) is 58.6 Å². The summed E-state index contributed by atoms with van der Waals surface area (Å²) in [6.45, 7) is 8.17. The van der Waals surface area contributed by atoms with Gasteiger partial charge in [-0.2, -0.15) is 0 Å². The highest BCUT2D eigenvalue weighted by Gasteiger charge is 2.26. The van der Waals surface area contributed by atoms with Gasteiger partial charge in [-0.15, -0.1) is 0 Å². The molecule has 0 aliphatic carbocycles. The molecule has 0 spiro atoms. The molecule has 34 heavy (non-hydrogen) atoms. The largest absolute Gasteiger partial charge is 0.494 e. The van der Waals surface area contributed by atoms with Crippen molar-refractivity contribution in [2.75, 3.05) is 18.5 Å². The molecule has 1 heterocycles. The smallest absolute Gasteiger partial charge is 0.329 e. The van der Waals surface area contributed by atoms with E-state index in [-0.39, 0.29) is 11.9 Å². The second kappa shape index (κ2) is 11.8. The number of ether oxygens (including phenoxy) is 3. The summed E-state index contributed by atoms with van der Waals surface area (Å²) >= 11 is 1.51. The van der Waals surface area contributed by atoms with Crippen molar-refractivity contribution in [3.05, 3.63) is 54.1 Å². The molecule has 1 unspecified atom stereocenters. The van der Waals surface area contributed by atoms with Crippen molar-refractivity contribution in [3.63, 3.8) is 0 Å². The molecule has 0 saturated heterocycles. The Morgan fingerprint density at radius 2 is 1.82 bits per heavy atom. The van der Waals surface area contributed by atoms with E-state index in [2.05, 4.69) is 10.3 Å². The number of nitrogens with zero attached hydrogens (tertiary/aromatic N) is 1. The first-order chi connectivity index (χ1) is 16.2. The van der Waals surface area contributed by atoms with Gasteiger partial charge in [-0.3, -0.25) is 4.79 Å². The summed E-state index contributed by atoms with van der Waals surface area (Å²) in [6.07, 6.45) is 1.36. The Hall–Kier alpha value is -3.13. The van der Waals surface area contributed by atoms with Crippen LogP contribution in [0.2, 0.25) is 0 Å². The minimum atomic E-state index is -0.591. The molecule has 0 fully saturated rings. The summed E-state index contributed by atoms with van der Waals surface area (Å²) in [6, 6.07) is 14.9. The third kappa shape index (κ3) is 8.02. The van der Waals surface area contributed by atoms with Crippen LogP contribution in [-0.2, 0) is 25.5 Å². The fourth-order valence-corrected chi connectivity index (χ4v) is 4.16. The van der Waals surface area contributed by atoms with Crippen molar-refractivity contribution in [1.29, 1.82) is 0 Å². The molecule has 8 heteroatoms. The van der Waals surface area contributed by atoms with Crippen LogP contribution in [0.5, 0.6) is 5.75 Å². The third-order valence-corrected chi connectivity index (χ3v) is 5.71. The van der Waals surface area contributed by atoms with Crippen molar-refractivity contribution in [1.82, 2.24) is 4.98 Å². The Labute approximate surface area is 204 Å². The van der Waals surface area contributed by atoms with Gasteiger partial charge < -0.3 is 19.5 Å². The molecule has 1 aromatic heterocycles. The number of nitrogens with one attached hydrogen (secondary N) is 1. The highest BCUT2D eigenvalue weighted by atomic mass is 32.1. The second-order valence-electron chi connectivity index (χ2n) is 8.82. The first-order valence-corrected chi connectivity index (χ1v) is 12.3. The Balaban J connectivity index is 1.63. The van der Waals surface area contributed by atoms with E-state index in [9.17, 15) is 9.59 Å². The van der Waals surface area contributed by atoms with Gasteiger partial charge in [0, 0.05) is 12.8 Å². The molecule has 182 valence electrons. The maximum atomic E-state index is 13.0. The summed E-state index contributed by atoms with van der Waals surface area (Å²) < 4.78 is 17.3. The van der Waals surface area contributed by atoms with Crippen LogP contribution >= 0.6 is 11.3 Å². The molecule has 7 nitrogen and oxygen atoms in total. The predicted octanol–water partition coefficient (Wildman–Crippen LogP) is 5.38. The highest BCUT2D eigenvalue weighted by Crippen LogP contribution is 2.27. The first kappa shape index (κ1) is 25.5. The highest BCUT2D eigenvalue weighted by molar-refractivity contribution is 7.22. The molecule has 0 aliphatic rings. The Kier molecular flexibility index (Phi) is 8.87. The van der Waals surface area contributed by atoms with Crippen LogP contribution in [0.1, 0.15) is 46.1 Å². The molecule has 1 N–H and O–H groups in total. The zero-order valence-corrected chi connectivity index (χ0v) is 20.9. The number of fused-ring (bicyclic) bond motifs is 1. The number of esters is 2. The molecular formula is C26H32N2O5S. The summed E-state index contributed by atoms with van der Waals surface area (Å²) in [7, 11) is 0. The average molecular weight is 485 g/mol. The fourth-order valence-electron chi connectivity index (χ4n) is 3.25. The van der Waals surface area contributed by atoms with Gasteiger partial charge in [-0.25, -0.2) is 9.78 Å². The lowest BCUT2D eigenvalue weighted by atomic mass is 10.1. The lowest BCUT2D eigenvalue weighted by Gasteiger charge is -2.24. The number of aromatic nitrogens is 1. The Morgan fingerprint density at radius 1 is 1.09 bits per heavy atom. The molecule has 3 rings (SSSR count). The number of rotatable bonds is 11. The molecule has 0 aliphatic heterocycles. The molecule has 0 saturated carbocycles. The van der Waals surface area contributed by atoms with E-state index in [4.69, 9.17) is 14.2 Å². The molecular weight excluding hydrogens is 452 g/mol. The van der Waals surface area contributed by atoms with Gasteiger partial charge in [0.2, 0.25) is 0 Å². The molecule has 0 amide bonds. The maximum absolute atomic E-state index is 13.0. The van der Waals surface area contributed by atoms with E-state index >= 15 is 0 Å². The van der Waals surface area contributed by atoms with Crippen LogP contribution in [0, 0.1) is 0 Å². The standard InChI is InChI=1S/C26H32N2O5S/c1-5-31-23(29)11-8-16-32-19-14-12-18(13-15-19)17-21(24(30)33-26(2,3)4)28-25-27-20-9-6-7-10-22(20)34-25/h6-7,9-10,12-15,21H,5,8,11,16-17H2,1-4H3,(H,27,28). The average Bonchev–Trinajstić information content (AvgIpc) is 3.19. The minimum Gasteiger partial charge on any atom is -0.494 e. The van der Waals surface area contributed by atoms with Crippen LogP contribution in [-0.4, -0.2) is 41.8 Å². The number of carbonyl (C=O) groups is 2. The Bertz CT molecular complexity index is 1060. The SMILES string of the molecule is CCOC(=O)CCCOc1ccc(CC(Nc2nc3ccccc3s2)C(=O)OC(C)(C)C)cc1. The number of hydrogen-bond acceptors (Lipinski definition) is 8. The van der Waals surface area contributed by atoms with Crippen LogP contribution in [0.4, 0.5) is 5.13 Å². The van der Waals surface area contributed by atoms with E-state index in [1.165, 1.54) is 11.3 Å². The van der Waals surface area contributed by atoms with Gasteiger partial charge in [0.15, 0.2) is 5.13 Å². The number of anilines is 1. The van der Waals surface area contributed by atoms with Crippen molar-refractivity contribution in [2.24, 2.45) is 0 Å². The third-order valence-electron chi connectivity index (χ3n) is 4.75. The predicted molar refractivity (Wildman–Crippen MR) is 134 cm³/mol. The van der Waals surface area contributed by atoms with E-state index in [0.717, 1.165) is 15.8 Å². The van der Waals surface area contributed by atoms with Gasteiger partial charge >= 0.3 is 11.9 Å². The normalized spacial score (nSPS) is 12.2. The van der Waals surface area contributed by atoms with Gasteiger partial charge in [0.25, 0.3) is 0 Å². The van der Waals surface area contributed by atoms with Gasteiger partial charge in [0.1, 0.15) is 17.4 Å². The number of benzene rings is 2. The zero-order chi connectivity index (χ0) is 24.6. The molecule has 0 radical (unpaired) electrons. The number of para-hydroxylation sites is 1. The topological polar surface area (TPSA) is 86.8 Å². The minimum absolute atomic E-state index is 0.213. The van der Waals surface area contributed by atoms with E-state index in [1.54, 1.807) is 6.92 Å². The molecule has 3 aromatic rings. The summed E-state index contributed by atoms with van der Waals surface area (Å²) in [4.78, 5) is 29.0. The first-order valence-electron chi connectivity index (χ1n) is 11.5. The van der Waals surface area contributed by atoms with Crippen LogP contribution in [0.15, 0.2) is 48.5 Å². The van der Waals surface area contributed by atoms with Gasteiger partial charge in [-0.1, -0.05) is 35.6 Å². The van der Waals surface area contributed by atoms with E-state index in [0.29, 0.717) is 43.4 Å². The van der Waals surface area contributed by atoms with Gasteiger partial charge in [-0.05, 0) is 63.9 Å². The number of thiazole rings is 1. The lowest BCUT2D eigenvalue weighted by Crippen LogP contribution is -2.38. The maximum Gasteiger partial charge on any atom is 0.329 e. The van der Waals surface area contributed by atoms with Crippen molar-refractivity contribution < 1.29 is 23.8 Å². The van der Waals surface area contributed by atoms with Crippen molar-refractivity contribution in [3.8, 4) is 5.75 Å². The molecule has 0 bridgehead atoms. The number of carbonyl (C=O) groups excluding carboxylic acids is 2. The summed E-state index contributed by atoms with van der Waals surface area (Å²) in [5.41, 5.74) is 1.26. The monoisotopic (exact) mass is 484 g/mol. The van der Waals surface area contributed by atoms with Crippen LogP contribution in [0.25, 0.3) is 10.2 Å². The van der Waals surface area contributed by atoms with Gasteiger partial charge in [0.05, 0.1) is 23.4 Å². The second-order valence-corrected chi connectivity index (χ2v) is 9.85. The lowest BCUT2D eigenvalue weighted by molar-refractivity contribution is -0.155. The van der Waals surface area contributed by atoms with Crippen LogP contribution in [0.3, 0.4) is 0 Å². The van der Waals surface area contributed by atoms with Crippen LogP contribution < -0.4 is 10.1 Å². The Morgan fingerprint density at radius 3 is 2.50 bits per heavy atom. The van der Waals surface area contributed by atoms with E-state index < -0.39 is 11.6 Å². The zero-order valence-electron chi connectivity index (χ0n) is 20.1.